The van der Waals surface area contributed by atoms with Gasteiger partial charge in [0.25, 0.3) is 11.8 Å². The van der Waals surface area contributed by atoms with Crippen LogP contribution in [0.2, 0.25) is 0 Å². The molecule has 184 valence electrons. The van der Waals surface area contributed by atoms with Crippen molar-refractivity contribution in [2.75, 3.05) is 18.6 Å². The number of rotatable bonds is 6. The number of para-hydroxylation sites is 1. The van der Waals surface area contributed by atoms with Crippen molar-refractivity contribution in [1.29, 1.82) is 0 Å². The summed E-state index contributed by atoms with van der Waals surface area (Å²) >= 11 is 0. The lowest BCUT2D eigenvalue weighted by molar-refractivity contribution is -0.122. The van der Waals surface area contributed by atoms with Crippen LogP contribution in [-0.2, 0) is 11.3 Å². The van der Waals surface area contributed by atoms with E-state index in [1.165, 1.54) is 0 Å². The first-order chi connectivity index (χ1) is 17.5. The topological polar surface area (TPSA) is 79.0 Å². The first-order valence-electron chi connectivity index (χ1n) is 12.2. The monoisotopic (exact) mass is 483 g/mol. The number of benzene rings is 3. The number of fused-ring (bicyclic) bond motifs is 2. The number of carbonyl (C=O) groups excluding carboxylic acids is 3. The maximum Gasteiger partial charge on any atom is 0.256 e. The number of carbonyl (C=O) groups is 3. The van der Waals surface area contributed by atoms with Gasteiger partial charge in [-0.3, -0.25) is 14.4 Å². The highest BCUT2D eigenvalue weighted by atomic mass is 16.5. The minimum absolute atomic E-state index is 0.0547. The van der Waals surface area contributed by atoms with E-state index < -0.39 is 6.04 Å². The largest absolute Gasteiger partial charge is 0.497 e. The lowest BCUT2D eigenvalue weighted by Gasteiger charge is -2.26. The highest BCUT2D eigenvalue weighted by Crippen LogP contribution is 2.33. The quantitative estimate of drug-likeness (QED) is 0.566. The Morgan fingerprint density at radius 1 is 1.03 bits per heavy atom. The lowest BCUT2D eigenvalue weighted by atomic mass is 10.1. The van der Waals surface area contributed by atoms with Gasteiger partial charge in [-0.2, -0.15) is 0 Å². The maximum atomic E-state index is 13.5. The number of nitrogens with zero attached hydrogens (tertiary/aromatic N) is 2. The SMILES string of the molecule is COc1ccc([C@@H](C)NC(=O)c2ccc(CN3C(=O)[C@@H]4CCCN4C(=O)c4ccccc43)cc2)cc1. The number of nitrogens with one attached hydrogen (secondary N) is 1. The zero-order valence-electron chi connectivity index (χ0n) is 20.4. The van der Waals surface area contributed by atoms with Crippen LogP contribution in [0.15, 0.2) is 72.8 Å². The van der Waals surface area contributed by atoms with E-state index in [2.05, 4.69) is 5.32 Å². The molecule has 7 nitrogen and oxygen atoms in total. The van der Waals surface area contributed by atoms with Gasteiger partial charge in [-0.25, -0.2) is 0 Å². The van der Waals surface area contributed by atoms with Crippen LogP contribution in [0.3, 0.4) is 0 Å². The predicted molar refractivity (Wildman–Crippen MR) is 137 cm³/mol. The molecule has 0 spiro atoms. The van der Waals surface area contributed by atoms with Crippen LogP contribution in [-0.4, -0.2) is 42.3 Å². The molecule has 2 aliphatic rings. The molecule has 2 atom stereocenters. The van der Waals surface area contributed by atoms with Crippen LogP contribution in [0, 0.1) is 0 Å². The Balaban J connectivity index is 1.32. The fourth-order valence-electron chi connectivity index (χ4n) is 4.97. The molecule has 0 unspecified atom stereocenters. The van der Waals surface area contributed by atoms with Crippen LogP contribution < -0.4 is 15.0 Å². The van der Waals surface area contributed by atoms with Gasteiger partial charge < -0.3 is 19.9 Å². The molecule has 0 aliphatic carbocycles. The van der Waals surface area contributed by atoms with E-state index in [0.717, 1.165) is 23.3 Å². The maximum absolute atomic E-state index is 13.5. The Hall–Kier alpha value is -4.13. The van der Waals surface area contributed by atoms with Gasteiger partial charge in [0.15, 0.2) is 0 Å². The smallest absolute Gasteiger partial charge is 0.256 e. The minimum Gasteiger partial charge on any atom is -0.497 e. The third-order valence-corrected chi connectivity index (χ3v) is 7.01. The Morgan fingerprint density at radius 3 is 2.47 bits per heavy atom. The van der Waals surface area contributed by atoms with Crippen LogP contribution in [0.4, 0.5) is 5.69 Å². The van der Waals surface area contributed by atoms with Crippen LogP contribution in [0.1, 0.15) is 57.7 Å². The van der Waals surface area contributed by atoms with Crippen LogP contribution in [0.25, 0.3) is 0 Å². The summed E-state index contributed by atoms with van der Waals surface area (Å²) in [7, 11) is 1.62. The molecular weight excluding hydrogens is 454 g/mol. The molecule has 0 radical (unpaired) electrons. The molecule has 5 rings (SSSR count). The highest BCUT2D eigenvalue weighted by Gasteiger charge is 2.41. The van der Waals surface area contributed by atoms with Gasteiger partial charge in [0.1, 0.15) is 11.8 Å². The molecular formula is C29H29N3O4. The number of hydrogen-bond donors (Lipinski definition) is 1. The molecule has 0 bridgehead atoms. The summed E-state index contributed by atoms with van der Waals surface area (Å²) in [6.45, 7) is 2.87. The van der Waals surface area contributed by atoms with Gasteiger partial charge in [0.2, 0.25) is 5.91 Å². The van der Waals surface area contributed by atoms with E-state index in [1.54, 1.807) is 35.1 Å². The van der Waals surface area contributed by atoms with E-state index in [4.69, 9.17) is 4.74 Å². The second kappa shape index (κ2) is 9.85. The summed E-state index contributed by atoms with van der Waals surface area (Å²) in [5.74, 6) is 0.458. The average molecular weight is 484 g/mol. The van der Waals surface area contributed by atoms with E-state index >= 15 is 0 Å². The molecule has 1 saturated heterocycles. The standard InChI is InChI=1S/C29H29N3O4/c1-19(21-13-15-23(36-2)16-14-21)30-27(33)22-11-9-20(10-12-22)18-32-25-7-4-3-6-24(25)28(34)31-17-5-8-26(31)29(32)35/h3-4,6-7,9-16,19,26H,5,8,17-18H2,1-2H3,(H,30,33)/t19-,26+/m1/s1. The van der Waals surface area contributed by atoms with Gasteiger partial charge in [0, 0.05) is 12.1 Å². The number of amides is 3. The summed E-state index contributed by atoms with van der Waals surface area (Å²) in [5.41, 5.74) is 3.60. The van der Waals surface area contributed by atoms with Crippen molar-refractivity contribution in [3.05, 3.63) is 95.1 Å². The third kappa shape index (κ3) is 4.44. The van der Waals surface area contributed by atoms with Gasteiger partial charge in [-0.15, -0.1) is 0 Å². The Labute approximate surface area is 210 Å². The van der Waals surface area contributed by atoms with Crippen molar-refractivity contribution in [3.8, 4) is 5.75 Å². The molecule has 3 amide bonds. The molecule has 2 heterocycles. The number of hydrogen-bond acceptors (Lipinski definition) is 4. The van der Waals surface area contributed by atoms with Gasteiger partial charge >= 0.3 is 0 Å². The van der Waals surface area contributed by atoms with Crippen LogP contribution >= 0.6 is 0 Å². The summed E-state index contributed by atoms with van der Waals surface area (Å²) in [5, 5.41) is 3.02. The number of anilines is 1. The zero-order valence-corrected chi connectivity index (χ0v) is 20.4. The first kappa shape index (κ1) is 23.6. The van der Waals surface area contributed by atoms with E-state index in [-0.39, 0.29) is 23.8 Å². The minimum atomic E-state index is -0.422. The molecule has 3 aromatic rings. The molecule has 0 saturated carbocycles. The lowest BCUT2D eigenvalue weighted by Crippen LogP contribution is -2.44. The summed E-state index contributed by atoms with van der Waals surface area (Å²) in [6, 6.07) is 21.6. The molecule has 1 N–H and O–H groups in total. The van der Waals surface area contributed by atoms with E-state index in [9.17, 15) is 14.4 Å². The van der Waals surface area contributed by atoms with Crippen molar-refractivity contribution in [2.24, 2.45) is 0 Å². The third-order valence-electron chi connectivity index (χ3n) is 7.01. The van der Waals surface area contributed by atoms with Crippen molar-refractivity contribution in [2.45, 2.75) is 38.4 Å². The summed E-state index contributed by atoms with van der Waals surface area (Å²) in [6.07, 6.45) is 1.51. The summed E-state index contributed by atoms with van der Waals surface area (Å²) < 4.78 is 5.19. The van der Waals surface area contributed by atoms with Crippen LogP contribution in [0.5, 0.6) is 5.75 Å². The number of methoxy groups -OCH3 is 1. The Morgan fingerprint density at radius 2 is 1.75 bits per heavy atom. The fourth-order valence-corrected chi connectivity index (χ4v) is 4.97. The zero-order chi connectivity index (χ0) is 25.2. The second-order valence-electron chi connectivity index (χ2n) is 9.26. The van der Waals surface area contributed by atoms with Gasteiger partial charge in [0.05, 0.1) is 30.9 Å². The van der Waals surface area contributed by atoms with Crippen molar-refractivity contribution >= 4 is 23.4 Å². The van der Waals surface area contributed by atoms with Crippen molar-refractivity contribution in [3.63, 3.8) is 0 Å². The van der Waals surface area contributed by atoms with Crippen molar-refractivity contribution in [1.82, 2.24) is 10.2 Å². The Kier molecular flexibility index (Phi) is 6.46. The normalized spacial score (nSPS) is 17.8. The van der Waals surface area contributed by atoms with E-state index in [0.29, 0.717) is 36.3 Å². The van der Waals surface area contributed by atoms with Gasteiger partial charge in [-0.05, 0) is 67.3 Å². The second-order valence-corrected chi connectivity index (χ2v) is 9.26. The highest BCUT2D eigenvalue weighted by molar-refractivity contribution is 6.11. The molecule has 36 heavy (non-hydrogen) atoms. The van der Waals surface area contributed by atoms with Gasteiger partial charge in [-0.1, -0.05) is 36.4 Å². The molecule has 3 aromatic carbocycles. The van der Waals surface area contributed by atoms with Crippen molar-refractivity contribution < 1.29 is 19.1 Å². The predicted octanol–water partition coefficient (Wildman–Crippen LogP) is 4.34. The molecule has 1 fully saturated rings. The van der Waals surface area contributed by atoms with E-state index in [1.807, 2.05) is 61.5 Å². The molecule has 2 aliphatic heterocycles. The average Bonchev–Trinajstić information content (AvgIpc) is 3.39. The first-order valence-corrected chi connectivity index (χ1v) is 12.2. The molecule has 7 heteroatoms. The Bertz CT molecular complexity index is 1290. The summed E-state index contributed by atoms with van der Waals surface area (Å²) in [4.78, 5) is 42.8. The fraction of sp³-hybridized carbons (Fsp3) is 0.276. The number of ether oxygens (including phenoxy) is 1. The molecule has 0 aromatic heterocycles.